The molecule has 3 nitrogen and oxygen atoms in total. The molecular formula is C12H22N2O. The molecule has 3 heteroatoms. The van der Waals surface area contributed by atoms with E-state index in [1.807, 2.05) is 19.1 Å². The van der Waals surface area contributed by atoms with Gasteiger partial charge < -0.3 is 15.9 Å². The summed E-state index contributed by atoms with van der Waals surface area (Å²) in [5.41, 5.74) is 10.9. The minimum atomic E-state index is 0.494. The van der Waals surface area contributed by atoms with Crippen LogP contribution in [-0.2, 0) is 6.54 Å². The van der Waals surface area contributed by atoms with Crippen molar-refractivity contribution >= 4 is 0 Å². The van der Waals surface area contributed by atoms with Crippen LogP contribution in [0.1, 0.15) is 43.6 Å². The zero-order valence-electron chi connectivity index (χ0n) is 9.54. The summed E-state index contributed by atoms with van der Waals surface area (Å²) < 4.78 is 5.11. The van der Waals surface area contributed by atoms with E-state index in [0.29, 0.717) is 12.6 Å². The topological polar surface area (TPSA) is 65.2 Å². The van der Waals surface area contributed by atoms with Crippen LogP contribution in [0.25, 0.3) is 0 Å². The first-order valence-corrected chi connectivity index (χ1v) is 5.73. The lowest BCUT2D eigenvalue weighted by molar-refractivity contribution is 0.441. The monoisotopic (exact) mass is 210 g/mol. The Morgan fingerprint density at radius 2 is 1.93 bits per heavy atom. The van der Waals surface area contributed by atoms with E-state index in [1.165, 1.54) is 32.1 Å². The second-order valence-electron chi connectivity index (χ2n) is 4.11. The molecular weight excluding hydrogens is 188 g/mol. The van der Waals surface area contributed by atoms with Crippen LogP contribution in [0.4, 0.5) is 0 Å². The number of rotatable bonds is 1. The summed E-state index contributed by atoms with van der Waals surface area (Å²) in [7, 11) is 0. The molecule has 0 atom stereocenters. The first-order chi connectivity index (χ1) is 7.22. The molecule has 0 spiro atoms. The first-order valence-electron chi connectivity index (χ1n) is 5.73. The highest BCUT2D eigenvalue weighted by atomic mass is 16.3. The van der Waals surface area contributed by atoms with Gasteiger partial charge in [-0.1, -0.05) is 19.3 Å². The third-order valence-electron chi connectivity index (χ3n) is 2.65. The highest BCUT2D eigenvalue weighted by Crippen LogP contribution is 2.14. The van der Waals surface area contributed by atoms with Gasteiger partial charge in [-0.15, -0.1) is 0 Å². The smallest absolute Gasteiger partial charge is 0.117 e. The zero-order valence-corrected chi connectivity index (χ0v) is 9.54. The lowest BCUT2D eigenvalue weighted by atomic mass is 9.97. The van der Waals surface area contributed by atoms with E-state index in [0.717, 1.165) is 11.5 Å². The van der Waals surface area contributed by atoms with Crippen LogP contribution in [0, 0.1) is 6.92 Å². The average molecular weight is 210 g/mol. The van der Waals surface area contributed by atoms with Gasteiger partial charge in [0.25, 0.3) is 0 Å². The molecule has 86 valence electrons. The van der Waals surface area contributed by atoms with E-state index >= 15 is 0 Å². The van der Waals surface area contributed by atoms with Crippen LogP contribution in [-0.4, -0.2) is 6.04 Å². The van der Waals surface area contributed by atoms with Gasteiger partial charge in [-0.3, -0.25) is 0 Å². The van der Waals surface area contributed by atoms with Crippen LogP contribution >= 0.6 is 0 Å². The number of aryl methyl sites for hydroxylation is 1. The summed E-state index contributed by atoms with van der Waals surface area (Å²) in [4.78, 5) is 0. The Labute approximate surface area is 91.8 Å². The van der Waals surface area contributed by atoms with E-state index in [1.54, 1.807) is 0 Å². The van der Waals surface area contributed by atoms with Gasteiger partial charge >= 0.3 is 0 Å². The fourth-order valence-electron chi connectivity index (χ4n) is 1.73. The van der Waals surface area contributed by atoms with E-state index in [4.69, 9.17) is 15.9 Å². The number of hydrogen-bond donors (Lipinski definition) is 2. The lowest BCUT2D eigenvalue weighted by Crippen LogP contribution is -2.22. The molecule has 1 aliphatic rings. The van der Waals surface area contributed by atoms with Crippen LogP contribution in [0.3, 0.4) is 0 Å². The second-order valence-corrected chi connectivity index (χ2v) is 4.11. The molecule has 1 fully saturated rings. The molecule has 1 saturated carbocycles. The molecule has 1 heterocycles. The van der Waals surface area contributed by atoms with E-state index < -0.39 is 0 Å². The van der Waals surface area contributed by atoms with Crippen LogP contribution in [0.2, 0.25) is 0 Å². The summed E-state index contributed by atoms with van der Waals surface area (Å²) in [6.45, 7) is 2.40. The average Bonchev–Trinajstić information content (AvgIpc) is 2.66. The fourth-order valence-corrected chi connectivity index (χ4v) is 1.73. The fraction of sp³-hybridized carbons (Fsp3) is 0.667. The quantitative estimate of drug-likeness (QED) is 0.747. The first kappa shape index (κ1) is 12.3. The molecule has 0 aliphatic heterocycles. The van der Waals surface area contributed by atoms with Gasteiger partial charge in [-0.05, 0) is 31.9 Å². The van der Waals surface area contributed by atoms with Crippen molar-refractivity contribution in [3.63, 3.8) is 0 Å². The summed E-state index contributed by atoms with van der Waals surface area (Å²) in [5.74, 6) is 1.77. The SMILES string of the molecule is Cc1ccc(CN)o1.NC1CCCCC1. The minimum Gasteiger partial charge on any atom is -0.465 e. The largest absolute Gasteiger partial charge is 0.465 e. The van der Waals surface area contributed by atoms with Gasteiger partial charge in [0.15, 0.2) is 0 Å². The lowest BCUT2D eigenvalue weighted by Gasteiger charge is -2.15. The Hall–Kier alpha value is -0.800. The van der Waals surface area contributed by atoms with Crippen molar-refractivity contribution in [2.45, 2.75) is 51.6 Å². The number of furan rings is 1. The van der Waals surface area contributed by atoms with Crippen LogP contribution in [0.5, 0.6) is 0 Å². The number of hydrogen-bond acceptors (Lipinski definition) is 3. The Bertz CT molecular complexity index is 264. The molecule has 0 bridgehead atoms. The molecule has 2 rings (SSSR count). The third-order valence-corrected chi connectivity index (χ3v) is 2.65. The van der Waals surface area contributed by atoms with Gasteiger partial charge in [0.1, 0.15) is 11.5 Å². The third kappa shape index (κ3) is 5.00. The standard InChI is InChI=1S/C6H9NO.C6H13N/c1-5-2-3-6(4-7)8-5;7-6-4-2-1-3-5-6/h2-3H,4,7H2,1H3;6H,1-5,7H2. The Balaban J connectivity index is 0.000000151. The van der Waals surface area contributed by atoms with E-state index in [2.05, 4.69) is 0 Å². The maximum Gasteiger partial charge on any atom is 0.117 e. The molecule has 0 radical (unpaired) electrons. The van der Waals surface area contributed by atoms with Crippen molar-refractivity contribution in [2.75, 3.05) is 0 Å². The predicted molar refractivity (Wildman–Crippen MR) is 62.4 cm³/mol. The molecule has 0 amide bonds. The van der Waals surface area contributed by atoms with Gasteiger partial charge in [0.2, 0.25) is 0 Å². The molecule has 0 unspecified atom stereocenters. The molecule has 4 N–H and O–H groups in total. The van der Waals surface area contributed by atoms with Crippen molar-refractivity contribution in [1.82, 2.24) is 0 Å². The summed E-state index contributed by atoms with van der Waals surface area (Å²) in [5, 5.41) is 0. The highest BCUT2D eigenvalue weighted by molar-refractivity contribution is 5.04. The zero-order chi connectivity index (χ0) is 11.1. The predicted octanol–water partition coefficient (Wildman–Crippen LogP) is 2.32. The maximum absolute atomic E-state index is 5.63. The Kier molecular flexibility index (Phi) is 5.43. The van der Waals surface area contributed by atoms with E-state index in [-0.39, 0.29) is 0 Å². The van der Waals surface area contributed by atoms with Crippen molar-refractivity contribution < 1.29 is 4.42 Å². The van der Waals surface area contributed by atoms with Gasteiger partial charge in [0.05, 0.1) is 6.54 Å². The van der Waals surface area contributed by atoms with Gasteiger partial charge in [0, 0.05) is 6.04 Å². The molecule has 0 aromatic carbocycles. The molecule has 1 aromatic rings. The minimum absolute atomic E-state index is 0.494. The summed E-state index contributed by atoms with van der Waals surface area (Å²) >= 11 is 0. The van der Waals surface area contributed by atoms with Crippen molar-refractivity contribution in [1.29, 1.82) is 0 Å². The van der Waals surface area contributed by atoms with Crippen molar-refractivity contribution in [2.24, 2.45) is 11.5 Å². The molecule has 15 heavy (non-hydrogen) atoms. The highest BCUT2D eigenvalue weighted by Gasteiger charge is 2.06. The Morgan fingerprint density at radius 1 is 1.27 bits per heavy atom. The summed E-state index contributed by atoms with van der Waals surface area (Å²) in [6.07, 6.45) is 6.66. The van der Waals surface area contributed by atoms with Gasteiger partial charge in [-0.2, -0.15) is 0 Å². The second kappa shape index (κ2) is 6.64. The van der Waals surface area contributed by atoms with E-state index in [9.17, 15) is 0 Å². The number of nitrogens with two attached hydrogens (primary N) is 2. The van der Waals surface area contributed by atoms with Crippen LogP contribution < -0.4 is 11.5 Å². The van der Waals surface area contributed by atoms with Crippen LogP contribution in [0.15, 0.2) is 16.5 Å². The molecule has 0 saturated heterocycles. The van der Waals surface area contributed by atoms with Crippen molar-refractivity contribution in [3.05, 3.63) is 23.7 Å². The molecule has 1 aliphatic carbocycles. The molecule has 1 aromatic heterocycles. The normalized spacial score (nSPS) is 17.0. The van der Waals surface area contributed by atoms with Gasteiger partial charge in [-0.25, -0.2) is 0 Å². The maximum atomic E-state index is 5.63. The summed E-state index contributed by atoms with van der Waals surface area (Å²) in [6, 6.07) is 4.33. The van der Waals surface area contributed by atoms with Crippen molar-refractivity contribution in [3.8, 4) is 0 Å². The Morgan fingerprint density at radius 3 is 2.20 bits per heavy atom.